The zero-order chi connectivity index (χ0) is 43.2. The van der Waals surface area contributed by atoms with E-state index in [9.17, 15) is 0 Å². The molecule has 0 N–H and O–H groups in total. The molecule has 0 aromatic heterocycles. The highest BCUT2D eigenvalue weighted by Crippen LogP contribution is 2.43. The van der Waals surface area contributed by atoms with E-state index in [-0.39, 0.29) is 5.41 Å². The largest absolute Gasteiger partial charge is 0.491 e. The van der Waals surface area contributed by atoms with Gasteiger partial charge in [-0.05, 0) is 123 Å². The first kappa shape index (κ1) is 46.2. The van der Waals surface area contributed by atoms with Crippen molar-refractivity contribution in [1.82, 2.24) is 0 Å². The highest BCUT2D eigenvalue weighted by atomic mass is 31.1. The second-order valence-electron chi connectivity index (χ2n) is 16.4. The van der Waals surface area contributed by atoms with Crippen molar-refractivity contribution in [3.8, 4) is 11.5 Å². The molecule has 0 aliphatic rings. The summed E-state index contributed by atoms with van der Waals surface area (Å²) in [6.07, 6.45) is 1.93. The average Bonchev–Trinajstić information content (AvgIpc) is 3.26. The predicted octanol–water partition coefficient (Wildman–Crippen LogP) is 10.9. The number of rotatable bonds is 22. The van der Waals surface area contributed by atoms with Crippen LogP contribution < -0.4 is 30.7 Å². The summed E-state index contributed by atoms with van der Waals surface area (Å²) in [5, 5.41) is 5.53. The molecule has 7 heteroatoms. The van der Waals surface area contributed by atoms with E-state index in [1.807, 2.05) is 0 Å². The Morgan fingerprint density at radius 3 is 1.07 bits per heavy atom. The molecule has 0 saturated heterocycles. The summed E-state index contributed by atoms with van der Waals surface area (Å²) in [5.41, 5.74) is 9.76. The van der Waals surface area contributed by atoms with Gasteiger partial charge in [-0.25, -0.2) is 0 Å². The molecular weight excluding hydrogens is 791 g/mol. The lowest BCUT2D eigenvalue weighted by molar-refractivity contribution is -0.0573. The third-order valence-electron chi connectivity index (χ3n) is 11.4. The average molecular weight is 855 g/mol. The molecule has 0 atom stereocenters. The molecule has 0 spiro atoms. The van der Waals surface area contributed by atoms with E-state index >= 15 is 0 Å². The molecule has 5 nitrogen and oxygen atoms in total. The van der Waals surface area contributed by atoms with Crippen molar-refractivity contribution in [3.05, 3.63) is 178 Å². The maximum absolute atomic E-state index is 6.49. The van der Waals surface area contributed by atoms with Gasteiger partial charge in [0.1, 0.15) is 24.7 Å². The van der Waals surface area contributed by atoms with Gasteiger partial charge in [-0.15, -0.1) is 0 Å². The van der Waals surface area contributed by atoms with E-state index < -0.39 is 15.8 Å². The SMILES string of the molecule is COCC(C)(COCCOc1c(C)cc(C)c(CP(c2ccccc2)c2ccccc2)c1C)COCCOc1c(C)cc(C)c(CP(c2ccccc2)c2ccccc2)c1C. The molecule has 6 rings (SSSR count). The van der Waals surface area contributed by atoms with Crippen molar-refractivity contribution in [2.24, 2.45) is 5.41 Å². The lowest BCUT2D eigenvalue weighted by atomic mass is 9.94. The van der Waals surface area contributed by atoms with Crippen molar-refractivity contribution in [1.29, 1.82) is 0 Å². The first-order valence-corrected chi connectivity index (χ1v) is 24.5. The fraction of sp³-hybridized carbons (Fsp3) is 0.333. The monoisotopic (exact) mass is 854 g/mol. The van der Waals surface area contributed by atoms with Crippen LogP contribution in [-0.2, 0) is 26.5 Å². The van der Waals surface area contributed by atoms with Gasteiger partial charge in [0, 0.05) is 24.8 Å². The maximum Gasteiger partial charge on any atom is 0.125 e. The van der Waals surface area contributed by atoms with Crippen LogP contribution in [-0.4, -0.2) is 53.4 Å². The summed E-state index contributed by atoms with van der Waals surface area (Å²) < 4.78 is 31.1. The predicted molar refractivity (Wildman–Crippen MR) is 259 cm³/mol. The van der Waals surface area contributed by atoms with Crippen molar-refractivity contribution in [2.75, 3.05) is 53.4 Å². The molecule has 6 aromatic carbocycles. The second kappa shape index (κ2) is 22.7. The third kappa shape index (κ3) is 12.4. The molecule has 320 valence electrons. The highest BCUT2D eigenvalue weighted by Gasteiger charge is 2.26. The van der Waals surface area contributed by atoms with E-state index in [0.29, 0.717) is 46.2 Å². The topological polar surface area (TPSA) is 46.2 Å². The molecule has 0 saturated carbocycles. The lowest BCUT2D eigenvalue weighted by Gasteiger charge is -2.28. The molecule has 0 fully saturated rings. The standard InChI is InChI=1S/C54H64O5P2/c1-40-33-42(3)52(44(5)50(40)35-60(46-21-13-9-14-22-46)47-23-15-10-16-24-47)58-31-29-56-38-54(7,37-55-8)39-57-30-32-59-53-43(4)34-41(2)51(45(53)6)36-61(48-25-17-11-18-26-48)49-27-19-12-20-28-49/h9-28,33-34H,29-32,35-39H2,1-8H3. The van der Waals surface area contributed by atoms with Crippen molar-refractivity contribution < 1.29 is 23.7 Å². The summed E-state index contributed by atoms with van der Waals surface area (Å²) in [6, 6.07) is 48.2. The van der Waals surface area contributed by atoms with Crippen LogP contribution in [0.1, 0.15) is 51.4 Å². The van der Waals surface area contributed by atoms with Crippen LogP contribution in [0.4, 0.5) is 0 Å². The number of methoxy groups -OCH3 is 1. The Kier molecular flexibility index (Phi) is 17.2. The minimum atomic E-state index is -0.572. The Balaban J connectivity index is 1.01. The van der Waals surface area contributed by atoms with Gasteiger partial charge in [-0.3, -0.25) is 0 Å². The first-order chi connectivity index (χ1) is 29.6. The molecule has 0 radical (unpaired) electrons. The van der Waals surface area contributed by atoms with E-state index in [0.717, 1.165) is 34.9 Å². The minimum Gasteiger partial charge on any atom is -0.491 e. The highest BCUT2D eigenvalue weighted by molar-refractivity contribution is 7.72. The Morgan fingerprint density at radius 1 is 0.426 bits per heavy atom. The maximum atomic E-state index is 6.49. The van der Waals surface area contributed by atoms with Crippen LogP contribution in [0.25, 0.3) is 0 Å². The van der Waals surface area contributed by atoms with Crippen LogP contribution in [0.15, 0.2) is 133 Å². The van der Waals surface area contributed by atoms with Crippen LogP contribution in [0.2, 0.25) is 0 Å². The lowest BCUT2D eigenvalue weighted by Crippen LogP contribution is -2.35. The van der Waals surface area contributed by atoms with Crippen LogP contribution in [0, 0.1) is 47.0 Å². The zero-order valence-electron chi connectivity index (χ0n) is 37.5. The second-order valence-corrected chi connectivity index (χ2v) is 20.9. The molecule has 0 unspecified atom stereocenters. The van der Waals surface area contributed by atoms with E-state index in [2.05, 4.69) is 182 Å². The quantitative estimate of drug-likeness (QED) is 0.0503. The summed E-state index contributed by atoms with van der Waals surface area (Å²) in [5.74, 6) is 1.92. The van der Waals surface area contributed by atoms with Crippen LogP contribution in [0.5, 0.6) is 11.5 Å². The Hall–Kier alpha value is -4.34. The normalized spacial score (nSPS) is 11.7. The third-order valence-corrected chi connectivity index (χ3v) is 16.3. The number of benzene rings is 6. The molecule has 61 heavy (non-hydrogen) atoms. The molecule has 0 bridgehead atoms. The van der Waals surface area contributed by atoms with Crippen molar-refractivity contribution in [3.63, 3.8) is 0 Å². The minimum absolute atomic E-state index is 0.321. The van der Waals surface area contributed by atoms with Gasteiger partial charge in [-0.1, -0.05) is 140 Å². The number of aryl methyl sites for hydroxylation is 4. The van der Waals surface area contributed by atoms with Gasteiger partial charge in [0.2, 0.25) is 0 Å². The van der Waals surface area contributed by atoms with Crippen molar-refractivity contribution in [2.45, 2.75) is 60.8 Å². The number of ether oxygens (including phenoxy) is 5. The molecule has 6 aromatic rings. The number of hydrogen-bond acceptors (Lipinski definition) is 5. The van der Waals surface area contributed by atoms with E-state index in [1.54, 1.807) is 7.11 Å². The van der Waals surface area contributed by atoms with Crippen LogP contribution in [0.3, 0.4) is 0 Å². The molecule has 0 aliphatic heterocycles. The van der Waals surface area contributed by atoms with Gasteiger partial charge in [0.15, 0.2) is 0 Å². The smallest absolute Gasteiger partial charge is 0.125 e. The summed E-state index contributed by atoms with van der Waals surface area (Å²) in [6.45, 7) is 18.7. The van der Waals surface area contributed by atoms with E-state index in [1.165, 1.54) is 54.6 Å². The van der Waals surface area contributed by atoms with Gasteiger partial charge in [0.05, 0.1) is 33.0 Å². The molecular formula is C54H64O5P2. The zero-order valence-corrected chi connectivity index (χ0v) is 39.3. The summed E-state index contributed by atoms with van der Waals surface area (Å²) in [7, 11) is 0.586. The van der Waals surface area contributed by atoms with Gasteiger partial charge < -0.3 is 23.7 Å². The molecule has 0 aliphatic carbocycles. The van der Waals surface area contributed by atoms with Crippen LogP contribution >= 0.6 is 15.8 Å². The Labute approximate surface area is 368 Å². The van der Waals surface area contributed by atoms with Crippen molar-refractivity contribution >= 4 is 37.1 Å². The molecule has 0 amide bonds. The Bertz CT molecular complexity index is 2030. The summed E-state index contributed by atoms with van der Waals surface area (Å²) in [4.78, 5) is 0. The summed E-state index contributed by atoms with van der Waals surface area (Å²) >= 11 is 0. The van der Waals surface area contributed by atoms with Gasteiger partial charge in [0.25, 0.3) is 0 Å². The van der Waals surface area contributed by atoms with E-state index in [4.69, 9.17) is 23.7 Å². The number of hydrogen-bond donors (Lipinski definition) is 0. The first-order valence-electron chi connectivity index (χ1n) is 21.4. The Morgan fingerprint density at radius 2 is 0.754 bits per heavy atom. The fourth-order valence-electron chi connectivity index (χ4n) is 8.27. The van der Waals surface area contributed by atoms with Gasteiger partial charge in [-0.2, -0.15) is 0 Å². The fourth-order valence-corrected chi connectivity index (χ4v) is 13.3. The molecule has 0 heterocycles. The van der Waals surface area contributed by atoms with Gasteiger partial charge >= 0.3 is 0 Å².